The Morgan fingerprint density at radius 1 is 1.06 bits per heavy atom. The van der Waals surface area contributed by atoms with Gasteiger partial charge < -0.3 is 9.47 Å². The van der Waals surface area contributed by atoms with E-state index in [1.807, 2.05) is 0 Å². The number of nitrogens with zero attached hydrogens (tertiary/aromatic N) is 3. The van der Waals surface area contributed by atoms with Crippen LogP contribution in [0.5, 0.6) is 5.75 Å². The first kappa shape index (κ1) is 25.0. The zero-order valence-corrected chi connectivity index (χ0v) is 20.1. The molecule has 4 rings (SSSR count). The molecular formula is C24H27N3O7S. The molecule has 35 heavy (non-hydrogen) atoms. The van der Waals surface area contributed by atoms with Crippen LogP contribution in [0.2, 0.25) is 0 Å². The molecule has 2 aromatic carbocycles. The molecule has 0 radical (unpaired) electrons. The molecule has 2 fully saturated rings. The molecule has 0 aliphatic carbocycles. The third kappa shape index (κ3) is 5.59. The molecule has 2 heterocycles. The number of anilines is 1. The van der Waals surface area contributed by atoms with Gasteiger partial charge in [-0.05, 0) is 36.4 Å². The van der Waals surface area contributed by atoms with E-state index in [0.29, 0.717) is 32.8 Å². The Bertz CT molecular complexity index is 1180. The van der Waals surface area contributed by atoms with E-state index in [0.717, 1.165) is 9.21 Å². The lowest BCUT2D eigenvalue weighted by molar-refractivity contribution is -0.132. The van der Waals surface area contributed by atoms with Crippen LogP contribution in [-0.4, -0.2) is 80.8 Å². The average Bonchev–Trinajstić information content (AvgIpc) is 3.14. The van der Waals surface area contributed by atoms with Gasteiger partial charge in [-0.15, -0.1) is 0 Å². The Morgan fingerprint density at radius 2 is 1.71 bits per heavy atom. The summed E-state index contributed by atoms with van der Waals surface area (Å²) in [6.45, 7) is 4.18. The van der Waals surface area contributed by atoms with Gasteiger partial charge in [0.05, 0.1) is 30.2 Å². The number of ether oxygens (including phenoxy) is 2. The fraction of sp³-hybridized carbons (Fsp3) is 0.375. The maximum atomic E-state index is 13.6. The summed E-state index contributed by atoms with van der Waals surface area (Å²) in [6, 6.07) is 12.7. The molecule has 0 bridgehead atoms. The number of imide groups is 1. The molecule has 0 saturated carbocycles. The predicted octanol–water partition coefficient (Wildman–Crippen LogP) is 1.27. The van der Waals surface area contributed by atoms with Crippen LogP contribution in [0.25, 0.3) is 0 Å². The van der Waals surface area contributed by atoms with Crippen molar-refractivity contribution in [3.8, 4) is 5.75 Å². The molecule has 2 saturated heterocycles. The number of morpholine rings is 1. The predicted molar refractivity (Wildman–Crippen MR) is 126 cm³/mol. The van der Waals surface area contributed by atoms with E-state index in [9.17, 15) is 22.8 Å². The molecule has 1 atom stereocenters. The fourth-order valence-corrected chi connectivity index (χ4v) is 5.77. The summed E-state index contributed by atoms with van der Waals surface area (Å²) in [5.74, 6) is -1.33. The monoisotopic (exact) mass is 501 g/mol. The summed E-state index contributed by atoms with van der Waals surface area (Å²) in [5.41, 5.74) is 0.281. The minimum atomic E-state index is -4.05. The largest absolute Gasteiger partial charge is 0.427 e. The van der Waals surface area contributed by atoms with Gasteiger partial charge in [-0.2, -0.15) is 4.31 Å². The van der Waals surface area contributed by atoms with Crippen molar-refractivity contribution in [2.24, 2.45) is 0 Å². The van der Waals surface area contributed by atoms with Gasteiger partial charge in [0.25, 0.3) is 5.91 Å². The minimum Gasteiger partial charge on any atom is -0.427 e. The fourth-order valence-electron chi connectivity index (χ4n) is 4.18. The Balaban J connectivity index is 1.60. The SMILES string of the molecule is CC(=O)Oc1ccc(N2C(=O)CC(N(CCN3CCOCC3)S(=O)(=O)c3ccccc3)C2=O)cc1. The highest BCUT2D eigenvalue weighted by Crippen LogP contribution is 2.30. The third-order valence-electron chi connectivity index (χ3n) is 5.92. The first-order valence-electron chi connectivity index (χ1n) is 11.3. The molecule has 2 aromatic rings. The first-order valence-corrected chi connectivity index (χ1v) is 12.7. The summed E-state index contributed by atoms with van der Waals surface area (Å²) < 4.78 is 38.7. The lowest BCUT2D eigenvalue weighted by Gasteiger charge is -2.31. The molecule has 2 aliphatic rings. The van der Waals surface area contributed by atoms with Crippen LogP contribution in [0.15, 0.2) is 59.5 Å². The van der Waals surface area contributed by atoms with Gasteiger partial charge in [-0.3, -0.25) is 19.3 Å². The van der Waals surface area contributed by atoms with Crippen LogP contribution in [0.3, 0.4) is 0 Å². The van der Waals surface area contributed by atoms with Crippen molar-refractivity contribution >= 4 is 33.5 Å². The molecule has 2 amide bonds. The Kier molecular flexibility index (Phi) is 7.60. The molecule has 0 N–H and O–H groups in total. The second kappa shape index (κ2) is 10.6. The van der Waals surface area contributed by atoms with Gasteiger partial charge in [-0.1, -0.05) is 18.2 Å². The summed E-state index contributed by atoms with van der Waals surface area (Å²) in [4.78, 5) is 40.6. The van der Waals surface area contributed by atoms with E-state index >= 15 is 0 Å². The first-order chi connectivity index (χ1) is 16.8. The number of carbonyl (C=O) groups is 3. The highest BCUT2D eigenvalue weighted by atomic mass is 32.2. The number of amides is 2. The summed E-state index contributed by atoms with van der Waals surface area (Å²) in [5, 5.41) is 0. The van der Waals surface area contributed by atoms with Gasteiger partial charge in [0, 0.05) is 33.1 Å². The lowest BCUT2D eigenvalue weighted by Crippen LogP contribution is -2.49. The van der Waals surface area contributed by atoms with E-state index < -0.39 is 33.8 Å². The van der Waals surface area contributed by atoms with Crippen LogP contribution in [0.1, 0.15) is 13.3 Å². The van der Waals surface area contributed by atoms with E-state index in [-0.39, 0.29) is 29.3 Å². The van der Waals surface area contributed by atoms with Crippen molar-refractivity contribution < 1.29 is 32.3 Å². The number of carbonyl (C=O) groups excluding carboxylic acids is 3. The third-order valence-corrected chi connectivity index (χ3v) is 7.84. The number of esters is 1. The molecule has 2 aliphatic heterocycles. The second-order valence-corrected chi connectivity index (χ2v) is 10.1. The summed E-state index contributed by atoms with van der Waals surface area (Å²) in [7, 11) is -4.05. The Hall–Kier alpha value is -3.12. The standard InChI is InChI=1S/C24H27N3O7S/c1-18(28)34-20-9-7-19(8-10-20)27-23(29)17-22(24(27)30)26(12-11-25-13-15-33-16-14-25)35(31,32)21-5-3-2-4-6-21/h2-10,22H,11-17H2,1H3. The highest BCUT2D eigenvalue weighted by molar-refractivity contribution is 7.89. The smallest absolute Gasteiger partial charge is 0.308 e. The van der Waals surface area contributed by atoms with Crippen molar-refractivity contribution in [1.82, 2.24) is 9.21 Å². The second-order valence-electron chi connectivity index (χ2n) is 8.26. The lowest BCUT2D eigenvalue weighted by atomic mass is 10.2. The molecule has 10 nitrogen and oxygen atoms in total. The maximum absolute atomic E-state index is 13.6. The zero-order chi connectivity index (χ0) is 25.0. The van der Waals surface area contributed by atoms with Gasteiger partial charge >= 0.3 is 5.97 Å². The van der Waals surface area contributed by atoms with Crippen molar-refractivity contribution in [3.63, 3.8) is 0 Å². The summed E-state index contributed by atoms with van der Waals surface area (Å²) >= 11 is 0. The topological polar surface area (TPSA) is 114 Å². The molecule has 0 aromatic heterocycles. The number of sulfonamides is 1. The molecule has 11 heteroatoms. The van der Waals surface area contributed by atoms with Crippen molar-refractivity contribution in [2.45, 2.75) is 24.3 Å². The average molecular weight is 502 g/mol. The van der Waals surface area contributed by atoms with Gasteiger partial charge in [0.2, 0.25) is 15.9 Å². The molecule has 186 valence electrons. The van der Waals surface area contributed by atoms with Crippen molar-refractivity contribution in [3.05, 3.63) is 54.6 Å². The number of hydrogen-bond acceptors (Lipinski definition) is 8. The normalized spacial score (nSPS) is 19.4. The molecule has 0 spiro atoms. The van der Waals surface area contributed by atoms with Crippen molar-refractivity contribution in [1.29, 1.82) is 0 Å². The number of hydrogen-bond donors (Lipinski definition) is 0. The van der Waals surface area contributed by atoms with Gasteiger partial charge in [0.15, 0.2) is 0 Å². The van der Waals surface area contributed by atoms with Crippen LogP contribution in [-0.2, 0) is 29.1 Å². The Morgan fingerprint density at radius 3 is 2.34 bits per heavy atom. The maximum Gasteiger partial charge on any atom is 0.308 e. The van der Waals surface area contributed by atoms with Crippen LogP contribution in [0, 0.1) is 0 Å². The zero-order valence-electron chi connectivity index (χ0n) is 19.3. The van der Waals surface area contributed by atoms with E-state index in [1.54, 1.807) is 18.2 Å². The Labute approximate surface area is 204 Å². The van der Waals surface area contributed by atoms with Gasteiger partial charge in [0.1, 0.15) is 11.8 Å². The van der Waals surface area contributed by atoms with E-state index in [4.69, 9.17) is 9.47 Å². The molecular weight excluding hydrogens is 474 g/mol. The van der Waals surface area contributed by atoms with Crippen LogP contribution >= 0.6 is 0 Å². The van der Waals surface area contributed by atoms with Crippen LogP contribution in [0.4, 0.5) is 5.69 Å². The van der Waals surface area contributed by atoms with E-state index in [2.05, 4.69) is 4.90 Å². The van der Waals surface area contributed by atoms with E-state index in [1.165, 1.54) is 43.3 Å². The van der Waals surface area contributed by atoms with Crippen molar-refractivity contribution in [2.75, 3.05) is 44.3 Å². The quantitative estimate of drug-likeness (QED) is 0.302. The summed E-state index contributed by atoms with van der Waals surface area (Å²) in [6.07, 6.45) is -0.264. The number of benzene rings is 2. The minimum absolute atomic E-state index is 0.0557. The van der Waals surface area contributed by atoms with Crippen LogP contribution < -0.4 is 9.64 Å². The highest BCUT2D eigenvalue weighted by Gasteiger charge is 2.47. The molecule has 1 unspecified atom stereocenters. The number of rotatable bonds is 8. The van der Waals surface area contributed by atoms with Gasteiger partial charge in [-0.25, -0.2) is 13.3 Å².